The lowest BCUT2D eigenvalue weighted by molar-refractivity contribution is -0.173. The van der Waals surface area contributed by atoms with Crippen LogP contribution in [0.25, 0.3) is 0 Å². The topological polar surface area (TPSA) is 42.2 Å². The fourth-order valence-electron chi connectivity index (χ4n) is 1.08. The van der Waals surface area contributed by atoms with Crippen LogP contribution in [0.2, 0.25) is 0 Å². The molecule has 1 heterocycles. The van der Waals surface area contributed by atoms with Crippen molar-refractivity contribution in [3.05, 3.63) is 0 Å². The Labute approximate surface area is 66.9 Å². The molecule has 0 aromatic rings. The molecule has 0 aromatic heterocycles. The van der Waals surface area contributed by atoms with Crippen molar-refractivity contribution >= 4 is 0 Å². The monoisotopic (exact) mass is 155 g/mol. The average Bonchev–Trinajstić information content (AvgIpc) is 2.06. The van der Waals surface area contributed by atoms with Gasteiger partial charge in [-0.15, -0.1) is 0 Å². The van der Waals surface area contributed by atoms with Gasteiger partial charge in [0.25, 0.3) is 0 Å². The van der Waals surface area contributed by atoms with Crippen LogP contribution in [0.4, 0.5) is 0 Å². The molecule has 0 aromatic carbocycles. The van der Waals surface area contributed by atoms with Crippen LogP contribution in [0.5, 0.6) is 0 Å². The molecule has 2 atom stereocenters. The van der Waals surface area contributed by atoms with Gasteiger partial charge in [-0.25, -0.2) is 0 Å². The maximum Gasteiger partial charge on any atom is 0.159 e. The molecule has 1 saturated heterocycles. The highest BCUT2D eigenvalue weighted by Gasteiger charge is 2.16. The van der Waals surface area contributed by atoms with Gasteiger partial charge in [0.05, 0.1) is 6.07 Å². The molecule has 0 bridgehead atoms. The maximum absolute atomic E-state index is 8.43. The summed E-state index contributed by atoms with van der Waals surface area (Å²) in [7, 11) is 0. The van der Waals surface area contributed by atoms with Gasteiger partial charge in [-0.1, -0.05) is 0 Å². The quantitative estimate of drug-likeness (QED) is 0.606. The number of rotatable bonds is 2. The van der Waals surface area contributed by atoms with Crippen LogP contribution in [0, 0.1) is 11.3 Å². The van der Waals surface area contributed by atoms with E-state index in [1.165, 1.54) is 0 Å². The zero-order valence-electron chi connectivity index (χ0n) is 6.75. The third-order valence-electron chi connectivity index (χ3n) is 1.68. The van der Waals surface area contributed by atoms with Gasteiger partial charge in [0.1, 0.15) is 6.10 Å². The van der Waals surface area contributed by atoms with Crippen molar-refractivity contribution in [1.82, 2.24) is 0 Å². The third-order valence-corrected chi connectivity index (χ3v) is 1.68. The van der Waals surface area contributed by atoms with Gasteiger partial charge in [-0.3, -0.25) is 0 Å². The van der Waals surface area contributed by atoms with E-state index in [1.807, 2.05) is 6.07 Å². The van der Waals surface area contributed by atoms with Crippen LogP contribution in [-0.2, 0) is 9.47 Å². The number of nitriles is 1. The molecule has 1 unspecified atom stereocenters. The summed E-state index contributed by atoms with van der Waals surface area (Å²) in [5.41, 5.74) is 0. The molecule has 3 nitrogen and oxygen atoms in total. The summed E-state index contributed by atoms with van der Waals surface area (Å²) < 4.78 is 10.5. The van der Waals surface area contributed by atoms with Gasteiger partial charge in [0.15, 0.2) is 6.29 Å². The second kappa shape index (κ2) is 4.32. The van der Waals surface area contributed by atoms with Crippen LogP contribution in [0.3, 0.4) is 0 Å². The van der Waals surface area contributed by atoms with Crippen molar-refractivity contribution < 1.29 is 9.47 Å². The molecule has 3 heteroatoms. The molecule has 11 heavy (non-hydrogen) atoms. The largest absolute Gasteiger partial charge is 0.353 e. The van der Waals surface area contributed by atoms with Crippen molar-refractivity contribution in [3.8, 4) is 6.07 Å². The molecule has 1 aliphatic rings. The Kier molecular flexibility index (Phi) is 3.34. The summed E-state index contributed by atoms with van der Waals surface area (Å²) in [6.45, 7) is 2.50. The summed E-state index contributed by atoms with van der Waals surface area (Å²) in [4.78, 5) is 0. The molecule has 0 spiro atoms. The number of hydrogen-bond acceptors (Lipinski definition) is 3. The van der Waals surface area contributed by atoms with Crippen molar-refractivity contribution in [1.29, 1.82) is 5.26 Å². The van der Waals surface area contributed by atoms with Gasteiger partial charge >= 0.3 is 0 Å². The smallest absolute Gasteiger partial charge is 0.159 e. The highest BCUT2D eigenvalue weighted by molar-refractivity contribution is 4.79. The molecule has 0 radical (unpaired) electrons. The van der Waals surface area contributed by atoms with E-state index in [1.54, 1.807) is 6.92 Å². The highest BCUT2D eigenvalue weighted by Crippen LogP contribution is 2.14. The number of hydrogen-bond donors (Lipinski definition) is 0. The van der Waals surface area contributed by atoms with E-state index >= 15 is 0 Å². The molecular weight excluding hydrogens is 142 g/mol. The lowest BCUT2D eigenvalue weighted by atomic mass is 10.2. The molecule has 0 amide bonds. The van der Waals surface area contributed by atoms with Crippen LogP contribution in [0.15, 0.2) is 0 Å². The SMILES string of the molecule is C[C@@H](C#N)OC1CCCCO1. The first kappa shape index (κ1) is 8.51. The maximum atomic E-state index is 8.43. The molecule has 1 rings (SSSR count). The normalized spacial score (nSPS) is 27.5. The standard InChI is InChI=1S/C8H13NO2/c1-7(6-9)11-8-4-2-3-5-10-8/h7-8H,2-5H2,1H3/t7-,8?/m0/s1. The summed E-state index contributed by atoms with van der Waals surface area (Å²) in [6.07, 6.45) is 2.69. The lowest BCUT2D eigenvalue weighted by Gasteiger charge is -2.23. The fourth-order valence-corrected chi connectivity index (χ4v) is 1.08. The van der Waals surface area contributed by atoms with Gasteiger partial charge in [0, 0.05) is 6.61 Å². The Morgan fingerprint density at radius 3 is 3.00 bits per heavy atom. The van der Waals surface area contributed by atoms with E-state index < -0.39 is 0 Å². The van der Waals surface area contributed by atoms with Crippen molar-refractivity contribution in [3.63, 3.8) is 0 Å². The molecule has 0 N–H and O–H groups in total. The van der Waals surface area contributed by atoms with Crippen molar-refractivity contribution in [2.75, 3.05) is 6.61 Å². The Morgan fingerprint density at radius 1 is 1.64 bits per heavy atom. The molecule has 0 aliphatic carbocycles. The van der Waals surface area contributed by atoms with E-state index in [2.05, 4.69) is 0 Å². The second-order valence-corrected chi connectivity index (χ2v) is 2.70. The van der Waals surface area contributed by atoms with E-state index in [9.17, 15) is 0 Å². The molecule has 0 saturated carbocycles. The van der Waals surface area contributed by atoms with E-state index in [0.29, 0.717) is 0 Å². The fraction of sp³-hybridized carbons (Fsp3) is 0.875. The predicted molar refractivity (Wildman–Crippen MR) is 39.8 cm³/mol. The lowest BCUT2D eigenvalue weighted by Crippen LogP contribution is -2.25. The van der Waals surface area contributed by atoms with E-state index in [-0.39, 0.29) is 12.4 Å². The minimum absolute atomic E-state index is 0.140. The number of ether oxygens (including phenoxy) is 2. The van der Waals surface area contributed by atoms with E-state index in [0.717, 1.165) is 25.9 Å². The first-order chi connectivity index (χ1) is 5.33. The molecule has 1 aliphatic heterocycles. The zero-order chi connectivity index (χ0) is 8.10. The average molecular weight is 155 g/mol. The van der Waals surface area contributed by atoms with Gasteiger partial charge in [0.2, 0.25) is 0 Å². The summed E-state index contributed by atoms with van der Waals surface area (Å²) in [5.74, 6) is 0. The zero-order valence-corrected chi connectivity index (χ0v) is 6.75. The number of nitrogens with zero attached hydrogens (tertiary/aromatic N) is 1. The molecule has 1 fully saturated rings. The predicted octanol–water partition coefficient (Wildman–Crippen LogP) is 1.44. The van der Waals surface area contributed by atoms with Crippen LogP contribution < -0.4 is 0 Å². The van der Waals surface area contributed by atoms with Crippen LogP contribution >= 0.6 is 0 Å². The Morgan fingerprint density at radius 2 is 2.45 bits per heavy atom. The van der Waals surface area contributed by atoms with Gasteiger partial charge in [-0.2, -0.15) is 5.26 Å². The minimum atomic E-state index is -0.349. The Balaban J connectivity index is 2.20. The van der Waals surface area contributed by atoms with Crippen LogP contribution in [-0.4, -0.2) is 19.0 Å². The van der Waals surface area contributed by atoms with E-state index in [4.69, 9.17) is 14.7 Å². The Hall–Kier alpha value is -0.590. The minimum Gasteiger partial charge on any atom is -0.353 e. The van der Waals surface area contributed by atoms with Crippen molar-refractivity contribution in [2.45, 2.75) is 38.6 Å². The summed E-state index contributed by atoms with van der Waals surface area (Å²) in [6, 6.07) is 2.01. The highest BCUT2D eigenvalue weighted by atomic mass is 16.7. The van der Waals surface area contributed by atoms with Gasteiger partial charge < -0.3 is 9.47 Å². The Bertz CT molecular complexity index is 147. The molecular formula is C8H13NO2. The van der Waals surface area contributed by atoms with Gasteiger partial charge in [-0.05, 0) is 26.2 Å². The molecule has 62 valence electrons. The second-order valence-electron chi connectivity index (χ2n) is 2.70. The van der Waals surface area contributed by atoms with Crippen molar-refractivity contribution in [2.24, 2.45) is 0 Å². The summed E-state index contributed by atoms with van der Waals surface area (Å²) >= 11 is 0. The first-order valence-electron chi connectivity index (χ1n) is 3.99. The summed E-state index contributed by atoms with van der Waals surface area (Å²) in [5, 5.41) is 8.43. The first-order valence-corrected chi connectivity index (χ1v) is 3.99. The third kappa shape index (κ3) is 2.87. The van der Waals surface area contributed by atoms with Crippen LogP contribution in [0.1, 0.15) is 26.2 Å².